The van der Waals surface area contributed by atoms with Crippen LogP contribution in [-0.2, 0) is 10.2 Å². The van der Waals surface area contributed by atoms with Crippen molar-refractivity contribution in [1.29, 1.82) is 0 Å². The highest BCUT2D eigenvalue weighted by molar-refractivity contribution is 7.10. The standard InChI is InChI=1S/C17H20ClNOS/c1-19-16(15-14(18)7-12-21-15)17(8-10-20-11-9-17)13-5-3-2-4-6-13/h2-7,12,16,19H,8-11H2,1H3. The van der Waals surface area contributed by atoms with Crippen LogP contribution in [0.25, 0.3) is 0 Å². The van der Waals surface area contributed by atoms with Crippen molar-refractivity contribution in [3.05, 3.63) is 57.2 Å². The van der Waals surface area contributed by atoms with Gasteiger partial charge < -0.3 is 10.1 Å². The van der Waals surface area contributed by atoms with E-state index in [-0.39, 0.29) is 11.5 Å². The Kier molecular flexibility index (Phi) is 4.65. The molecular weight excluding hydrogens is 302 g/mol. The Bertz CT molecular complexity index is 577. The van der Waals surface area contributed by atoms with Gasteiger partial charge >= 0.3 is 0 Å². The van der Waals surface area contributed by atoms with Crippen LogP contribution in [0.15, 0.2) is 41.8 Å². The van der Waals surface area contributed by atoms with Gasteiger partial charge in [-0.1, -0.05) is 41.9 Å². The van der Waals surface area contributed by atoms with E-state index in [1.165, 1.54) is 10.4 Å². The zero-order valence-electron chi connectivity index (χ0n) is 12.1. The molecule has 1 N–H and O–H groups in total. The van der Waals surface area contributed by atoms with E-state index in [2.05, 4.69) is 41.0 Å². The molecule has 0 amide bonds. The minimum Gasteiger partial charge on any atom is -0.381 e. The topological polar surface area (TPSA) is 21.3 Å². The van der Waals surface area contributed by atoms with Gasteiger partial charge in [0.05, 0.1) is 11.1 Å². The van der Waals surface area contributed by atoms with Crippen LogP contribution in [0.4, 0.5) is 0 Å². The summed E-state index contributed by atoms with van der Waals surface area (Å²) in [4.78, 5) is 1.23. The first-order chi connectivity index (χ1) is 10.3. The summed E-state index contributed by atoms with van der Waals surface area (Å²) in [5, 5.41) is 6.46. The van der Waals surface area contributed by atoms with Crippen LogP contribution < -0.4 is 5.32 Å². The number of thiophene rings is 1. The van der Waals surface area contributed by atoms with Crippen LogP contribution in [-0.4, -0.2) is 20.3 Å². The molecule has 1 aromatic heterocycles. The van der Waals surface area contributed by atoms with Crippen molar-refractivity contribution >= 4 is 22.9 Å². The molecule has 1 fully saturated rings. The molecule has 4 heteroatoms. The molecule has 2 heterocycles. The molecule has 1 atom stereocenters. The molecular formula is C17H20ClNOS. The Hall–Kier alpha value is -0.870. The Morgan fingerprint density at radius 1 is 1.19 bits per heavy atom. The smallest absolute Gasteiger partial charge is 0.0561 e. The van der Waals surface area contributed by atoms with Crippen LogP contribution in [0.1, 0.15) is 29.3 Å². The molecule has 1 aromatic carbocycles. The molecule has 2 nitrogen and oxygen atoms in total. The average molecular weight is 322 g/mol. The number of rotatable bonds is 4. The van der Waals surface area contributed by atoms with Crippen molar-refractivity contribution in [2.45, 2.75) is 24.3 Å². The van der Waals surface area contributed by atoms with Crippen LogP contribution in [0.3, 0.4) is 0 Å². The van der Waals surface area contributed by atoms with E-state index in [0.717, 1.165) is 31.1 Å². The maximum atomic E-state index is 6.42. The van der Waals surface area contributed by atoms with Gasteiger partial charge in [0, 0.05) is 23.5 Å². The third-order valence-corrected chi connectivity index (χ3v) is 5.91. The van der Waals surface area contributed by atoms with Crippen molar-refractivity contribution < 1.29 is 4.74 Å². The molecule has 21 heavy (non-hydrogen) atoms. The van der Waals surface area contributed by atoms with E-state index in [0.29, 0.717) is 0 Å². The Balaban J connectivity index is 2.08. The maximum Gasteiger partial charge on any atom is 0.0561 e. The zero-order valence-corrected chi connectivity index (χ0v) is 13.7. The van der Waals surface area contributed by atoms with Crippen molar-refractivity contribution in [3.8, 4) is 0 Å². The molecule has 0 bridgehead atoms. The van der Waals surface area contributed by atoms with E-state index < -0.39 is 0 Å². The van der Waals surface area contributed by atoms with Gasteiger partial charge in [-0.15, -0.1) is 11.3 Å². The van der Waals surface area contributed by atoms with Gasteiger partial charge in [-0.2, -0.15) is 0 Å². The van der Waals surface area contributed by atoms with E-state index in [1.807, 2.05) is 13.1 Å². The molecule has 0 saturated carbocycles. The third-order valence-electron chi connectivity index (χ3n) is 4.48. The molecule has 0 radical (unpaired) electrons. The Morgan fingerprint density at radius 2 is 1.90 bits per heavy atom. The largest absolute Gasteiger partial charge is 0.381 e. The molecule has 112 valence electrons. The van der Waals surface area contributed by atoms with E-state index in [9.17, 15) is 0 Å². The minimum atomic E-state index is 0.0444. The second-order valence-electron chi connectivity index (χ2n) is 5.49. The van der Waals surface area contributed by atoms with Crippen LogP contribution in [0, 0.1) is 0 Å². The summed E-state index contributed by atoms with van der Waals surface area (Å²) in [6.07, 6.45) is 2.02. The maximum absolute atomic E-state index is 6.42. The number of hydrogen-bond acceptors (Lipinski definition) is 3. The fourth-order valence-corrected chi connectivity index (χ4v) is 4.81. The summed E-state index contributed by atoms with van der Waals surface area (Å²) in [7, 11) is 2.03. The first kappa shape index (κ1) is 15.0. The van der Waals surface area contributed by atoms with Gasteiger partial charge in [0.25, 0.3) is 0 Å². The first-order valence-electron chi connectivity index (χ1n) is 7.31. The highest BCUT2D eigenvalue weighted by Gasteiger charge is 2.43. The van der Waals surface area contributed by atoms with Crippen LogP contribution >= 0.6 is 22.9 Å². The minimum absolute atomic E-state index is 0.0444. The van der Waals surface area contributed by atoms with E-state index in [1.54, 1.807) is 11.3 Å². The summed E-state index contributed by atoms with van der Waals surface area (Å²) >= 11 is 8.15. The summed E-state index contributed by atoms with van der Waals surface area (Å²) in [5.74, 6) is 0. The Labute approximate surface area is 135 Å². The lowest BCUT2D eigenvalue weighted by atomic mass is 9.68. The summed E-state index contributed by atoms with van der Waals surface area (Å²) in [5.41, 5.74) is 1.42. The summed E-state index contributed by atoms with van der Waals surface area (Å²) < 4.78 is 5.63. The number of hydrogen-bond donors (Lipinski definition) is 1. The van der Waals surface area contributed by atoms with Crippen LogP contribution in [0.2, 0.25) is 5.02 Å². The number of ether oxygens (including phenoxy) is 1. The quantitative estimate of drug-likeness (QED) is 0.900. The van der Waals surface area contributed by atoms with Crippen molar-refractivity contribution in [2.24, 2.45) is 0 Å². The highest BCUT2D eigenvalue weighted by Crippen LogP contribution is 2.47. The molecule has 1 aliphatic heterocycles. The third kappa shape index (κ3) is 2.76. The molecule has 1 saturated heterocycles. The average Bonchev–Trinajstić information content (AvgIpc) is 2.96. The lowest BCUT2D eigenvalue weighted by Gasteiger charge is -2.44. The molecule has 0 spiro atoms. The lowest BCUT2D eigenvalue weighted by molar-refractivity contribution is 0.0357. The number of benzene rings is 1. The fraction of sp³-hybridized carbons (Fsp3) is 0.412. The normalized spacial score (nSPS) is 19.3. The molecule has 1 aliphatic rings. The van der Waals surface area contributed by atoms with Gasteiger partial charge in [0.1, 0.15) is 0 Å². The van der Waals surface area contributed by atoms with Crippen molar-refractivity contribution in [3.63, 3.8) is 0 Å². The van der Waals surface area contributed by atoms with Gasteiger partial charge in [-0.3, -0.25) is 0 Å². The first-order valence-corrected chi connectivity index (χ1v) is 8.57. The summed E-state index contributed by atoms with van der Waals surface area (Å²) in [6.45, 7) is 1.60. The number of nitrogens with one attached hydrogen (secondary N) is 1. The number of halogens is 1. The molecule has 1 unspecified atom stereocenters. The predicted octanol–water partition coefficient (Wildman–Crippen LogP) is 4.41. The predicted molar refractivity (Wildman–Crippen MR) is 89.3 cm³/mol. The van der Waals surface area contributed by atoms with Crippen LogP contribution in [0.5, 0.6) is 0 Å². The highest BCUT2D eigenvalue weighted by atomic mass is 35.5. The zero-order chi connectivity index (χ0) is 14.7. The number of likely N-dealkylation sites (N-methyl/N-ethyl adjacent to an activating group) is 1. The summed E-state index contributed by atoms with van der Waals surface area (Å²) in [6, 6.07) is 13.0. The van der Waals surface area contributed by atoms with E-state index in [4.69, 9.17) is 16.3 Å². The van der Waals surface area contributed by atoms with Gasteiger partial charge in [0.15, 0.2) is 0 Å². The van der Waals surface area contributed by atoms with Gasteiger partial charge in [0.2, 0.25) is 0 Å². The second kappa shape index (κ2) is 6.49. The van der Waals surface area contributed by atoms with Gasteiger partial charge in [-0.05, 0) is 36.9 Å². The molecule has 2 aromatic rings. The van der Waals surface area contributed by atoms with Crippen molar-refractivity contribution in [2.75, 3.05) is 20.3 Å². The lowest BCUT2D eigenvalue weighted by Crippen LogP contribution is -2.44. The van der Waals surface area contributed by atoms with Gasteiger partial charge in [-0.25, -0.2) is 0 Å². The molecule has 3 rings (SSSR count). The second-order valence-corrected chi connectivity index (χ2v) is 6.84. The fourth-order valence-electron chi connectivity index (χ4n) is 3.42. The molecule has 0 aliphatic carbocycles. The monoisotopic (exact) mass is 321 g/mol. The SMILES string of the molecule is CNC(c1sccc1Cl)C1(c2ccccc2)CCOCC1. The van der Waals surface area contributed by atoms with Crippen molar-refractivity contribution in [1.82, 2.24) is 5.32 Å². The Morgan fingerprint density at radius 3 is 2.48 bits per heavy atom. The van der Waals surface area contributed by atoms with E-state index >= 15 is 0 Å².